The zero-order valence-electron chi connectivity index (χ0n) is 16.6. The Morgan fingerprint density at radius 2 is 1.86 bits per heavy atom. The van der Waals surface area contributed by atoms with E-state index < -0.39 is 5.92 Å². The van der Waals surface area contributed by atoms with E-state index in [1.807, 2.05) is 45.0 Å². The molecule has 0 saturated carbocycles. The number of esters is 1. The molecule has 1 aliphatic carbocycles. The van der Waals surface area contributed by atoms with Crippen LogP contribution in [0.4, 0.5) is 0 Å². The Balaban J connectivity index is 1.94. The maximum atomic E-state index is 13.1. The van der Waals surface area contributed by atoms with Crippen molar-refractivity contribution >= 4 is 28.2 Å². The molecule has 2 aliphatic rings. The molecule has 0 bridgehead atoms. The summed E-state index contributed by atoms with van der Waals surface area (Å²) in [4.78, 5) is 30.7. The average molecular weight is 375 g/mol. The Hall–Kier alpha value is -2.75. The molecule has 0 fully saturated rings. The van der Waals surface area contributed by atoms with Crippen LogP contribution in [0.15, 0.2) is 58.7 Å². The standard InChI is InChI=1S/C24H25NO3/c1-14(2)28-24(27)21-15(3)25-19-12-7-13-20(26)23(19)22(21)18-11-6-9-16-8-4-5-10-17(16)18/h4-6,8-11,14,21-22H,7,12-13H2,1-3H3/t21?,22-/m0/s1. The van der Waals surface area contributed by atoms with Gasteiger partial charge in [0.2, 0.25) is 0 Å². The van der Waals surface area contributed by atoms with Crippen LogP contribution >= 0.6 is 0 Å². The number of ketones is 1. The van der Waals surface area contributed by atoms with Gasteiger partial charge in [0.15, 0.2) is 5.78 Å². The highest BCUT2D eigenvalue weighted by atomic mass is 16.5. The van der Waals surface area contributed by atoms with Crippen LogP contribution in [-0.2, 0) is 14.3 Å². The molecule has 2 aromatic rings. The molecule has 4 rings (SSSR count). The van der Waals surface area contributed by atoms with Gasteiger partial charge in [-0.3, -0.25) is 14.6 Å². The van der Waals surface area contributed by atoms with E-state index in [1.54, 1.807) is 0 Å². The molecule has 144 valence electrons. The first-order valence-corrected chi connectivity index (χ1v) is 9.97. The SMILES string of the molecule is CC1=NC2=C(C(=O)CCC2)[C@@H](c2cccc3ccccc23)C1C(=O)OC(C)C. The molecule has 0 N–H and O–H groups in total. The minimum atomic E-state index is -0.575. The first-order chi connectivity index (χ1) is 13.5. The lowest BCUT2D eigenvalue weighted by atomic mass is 9.71. The number of aliphatic imine (C=N–C) groups is 1. The van der Waals surface area contributed by atoms with Crippen molar-refractivity contribution in [1.82, 2.24) is 0 Å². The van der Waals surface area contributed by atoms with Crippen LogP contribution in [0.1, 0.15) is 51.5 Å². The van der Waals surface area contributed by atoms with Gasteiger partial charge in [-0.15, -0.1) is 0 Å². The van der Waals surface area contributed by atoms with Crippen molar-refractivity contribution in [1.29, 1.82) is 0 Å². The number of allylic oxidation sites excluding steroid dienone is 2. The van der Waals surface area contributed by atoms with E-state index in [0.29, 0.717) is 12.0 Å². The molecule has 28 heavy (non-hydrogen) atoms. The van der Waals surface area contributed by atoms with E-state index in [-0.39, 0.29) is 23.8 Å². The summed E-state index contributed by atoms with van der Waals surface area (Å²) in [6.07, 6.45) is 1.90. The van der Waals surface area contributed by atoms with E-state index in [9.17, 15) is 9.59 Å². The summed E-state index contributed by atoms with van der Waals surface area (Å²) < 4.78 is 5.59. The van der Waals surface area contributed by atoms with Gasteiger partial charge in [-0.1, -0.05) is 42.5 Å². The number of hydrogen-bond donors (Lipinski definition) is 0. The fourth-order valence-corrected chi connectivity index (χ4v) is 4.47. The second kappa shape index (κ2) is 7.34. The number of ether oxygens (including phenoxy) is 1. The maximum absolute atomic E-state index is 13.1. The molecule has 1 unspecified atom stereocenters. The minimum absolute atomic E-state index is 0.109. The van der Waals surface area contributed by atoms with Crippen LogP contribution in [0, 0.1) is 5.92 Å². The smallest absolute Gasteiger partial charge is 0.315 e. The fourth-order valence-electron chi connectivity index (χ4n) is 4.47. The van der Waals surface area contributed by atoms with Crippen molar-refractivity contribution in [3.05, 3.63) is 59.3 Å². The van der Waals surface area contributed by atoms with Gasteiger partial charge >= 0.3 is 5.97 Å². The minimum Gasteiger partial charge on any atom is -0.462 e. The number of carbonyl (C=O) groups excluding carboxylic acids is 2. The number of benzene rings is 2. The fraction of sp³-hybridized carbons (Fsp3) is 0.375. The summed E-state index contributed by atoms with van der Waals surface area (Å²) in [5, 5.41) is 2.17. The zero-order valence-corrected chi connectivity index (χ0v) is 16.6. The molecule has 0 saturated heterocycles. The van der Waals surface area contributed by atoms with Gasteiger partial charge in [0.25, 0.3) is 0 Å². The molecule has 2 atom stereocenters. The van der Waals surface area contributed by atoms with Crippen LogP contribution < -0.4 is 0 Å². The third kappa shape index (κ3) is 3.17. The molecule has 1 heterocycles. The molecule has 0 amide bonds. The normalized spacial score (nSPS) is 22.3. The number of fused-ring (bicyclic) bond motifs is 1. The second-order valence-corrected chi connectivity index (χ2v) is 7.90. The number of hydrogen-bond acceptors (Lipinski definition) is 4. The highest BCUT2D eigenvalue weighted by Gasteiger charge is 2.43. The van der Waals surface area contributed by atoms with Crippen molar-refractivity contribution < 1.29 is 14.3 Å². The van der Waals surface area contributed by atoms with Gasteiger partial charge in [0.1, 0.15) is 5.92 Å². The van der Waals surface area contributed by atoms with Crippen LogP contribution in [0.25, 0.3) is 10.8 Å². The van der Waals surface area contributed by atoms with Crippen LogP contribution in [0.2, 0.25) is 0 Å². The topological polar surface area (TPSA) is 55.7 Å². The van der Waals surface area contributed by atoms with Gasteiger partial charge in [-0.05, 0) is 49.9 Å². The molecular weight excluding hydrogens is 350 g/mol. The lowest BCUT2D eigenvalue weighted by Crippen LogP contribution is -2.38. The molecule has 2 aromatic carbocycles. The quantitative estimate of drug-likeness (QED) is 0.712. The van der Waals surface area contributed by atoms with E-state index in [2.05, 4.69) is 18.2 Å². The summed E-state index contributed by atoms with van der Waals surface area (Å²) in [7, 11) is 0. The largest absolute Gasteiger partial charge is 0.462 e. The van der Waals surface area contributed by atoms with Crippen LogP contribution in [0.5, 0.6) is 0 Å². The van der Waals surface area contributed by atoms with E-state index >= 15 is 0 Å². The number of rotatable bonds is 3. The van der Waals surface area contributed by atoms with Gasteiger partial charge in [0.05, 0.1) is 6.10 Å². The van der Waals surface area contributed by atoms with Crippen molar-refractivity contribution in [2.45, 2.75) is 52.1 Å². The van der Waals surface area contributed by atoms with Crippen LogP contribution in [0.3, 0.4) is 0 Å². The van der Waals surface area contributed by atoms with Gasteiger partial charge < -0.3 is 4.74 Å². The van der Waals surface area contributed by atoms with E-state index in [4.69, 9.17) is 9.73 Å². The molecule has 0 spiro atoms. The maximum Gasteiger partial charge on any atom is 0.315 e. The number of nitrogens with zero attached hydrogens (tertiary/aromatic N) is 1. The summed E-state index contributed by atoms with van der Waals surface area (Å²) >= 11 is 0. The Bertz CT molecular complexity index is 1010. The van der Waals surface area contributed by atoms with E-state index in [1.165, 1.54) is 0 Å². The van der Waals surface area contributed by atoms with Gasteiger partial charge in [-0.2, -0.15) is 0 Å². The van der Waals surface area contributed by atoms with Crippen molar-refractivity contribution in [3.63, 3.8) is 0 Å². The Kier molecular flexibility index (Phi) is 4.88. The summed E-state index contributed by atoms with van der Waals surface area (Å²) in [6, 6.07) is 14.2. The zero-order chi connectivity index (χ0) is 19.8. The highest BCUT2D eigenvalue weighted by Crippen LogP contribution is 2.45. The number of Topliss-reactive ketones (excluding diaryl/α,β-unsaturated/α-hetero) is 1. The van der Waals surface area contributed by atoms with E-state index in [0.717, 1.165) is 40.6 Å². The van der Waals surface area contributed by atoms with Crippen molar-refractivity contribution in [3.8, 4) is 0 Å². The summed E-state index contributed by atoms with van der Waals surface area (Å²) in [5.41, 5.74) is 3.29. The first kappa shape index (κ1) is 18.6. The lowest BCUT2D eigenvalue weighted by Gasteiger charge is -2.35. The van der Waals surface area contributed by atoms with Gasteiger partial charge in [-0.25, -0.2) is 0 Å². The third-order valence-electron chi connectivity index (χ3n) is 5.60. The summed E-state index contributed by atoms with van der Waals surface area (Å²) in [6.45, 7) is 5.57. The molecule has 0 radical (unpaired) electrons. The summed E-state index contributed by atoms with van der Waals surface area (Å²) in [5.74, 6) is -1.12. The first-order valence-electron chi connectivity index (χ1n) is 9.97. The van der Waals surface area contributed by atoms with Gasteiger partial charge in [0, 0.05) is 29.3 Å². The van der Waals surface area contributed by atoms with Crippen LogP contribution in [-0.4, -0.2) is 23.6 Å². The third-order valence-corrected chi connectivity index (χ3v) is 5.60. The monoisotopic (exact) mass is 375 g/mol. The Labute approximate surface area is 165 Å². The predicted molar refractivity (Wildman–Crippen MR) is 110 cm³/mol. The second-order valence-electron chi connectivity index (χ2n) is 7.90. The number of carbonyl (C=O) groups is 2. The average Bonchev–Trinajstić information content (AvgIpc) is 2.66. The predicted octanol–water partition coefficient (Wildman–Crippen LogP) is 4.97. The molecule has 4 nitrogen and oxygen atoms in total. The molecular formula is C24H25NO3. The molecule has 0 aromatic heterocycles. The lowest BCUT2D eigenvalue weighted by molar-refractivity contribution is -0.150. The van der Waals surface area contributed by atoms with Crippen molar-refractivity contribution in [2.24, 2.45) is 10.9 Å². The van der Waals surface area contributed by atoms with Crippen molar-refractivity contribution in [2.75, 3.05) is 0 Å². The molecule has 1 aliphatic heterocycles. The Morgan fingerprint density at radius 1 is 1.11 bits per heavy atom. The molecule has 4 heteroatoms. The Morgan fingerprint density at radius 3 is 2.64 bits per heavy atom. The highest BCUT2D eigenvalue weighted by molar-refractivity contribution is 6.09.